The Bertz CT molecular complexity index is 3280. The Morgan fingerprint density at radius 3 is 1.13 bits per heavy atom. The van der Waals surface area contributed by atoms with Crippen molar-refractivity contribution < 1.29 is 94.1 Å². The van der Waals surface area contributed by atoms with Crippen molar-refractivity contribution in [3.8, 4) is 23.0 Å². The molecule has 0 aliphatic rings. The predicted molar refractivity (Wildman–Crippen MR) is 336 cm³/mol. The number of allylic oxidation sites excluding steroid dienone is 2. The molecule has 0 aliphatic heterocycles. The maximum absolute atomic E-state index is 12.6. The second-order valence-electron chi connectivity index (χ2n) is 17.7. The van der Waals surface area contributed by atoms with Crippen molar-refractivity contribution in [3.63, 3.8) is 0 Å². The number of carbonyl (C=O) groups excluding carboxylic acids is 4. The quantitative estimate of drug-likeness (QED) is 0.0122. The van der Waals surface area contributed by atoms with E-state index in [0.717, 1.165) is 107 Å². The first-order valence-corrected chi connectivity index (χ1v) is 28.4. The largest absolute Gasteiger partial charge is 0.477 e. The molecule has 0 atom stereocenters. The molecule has 0 radical (unpaired) electrons. The molecular weight excluding hydrogens is 1310 g/mol. The van der Waals surface area contributed by atoms with Gasteiger partial charge < -0.3 is 29.2 Å². The highest BCUT2D eigenvalue weighted by Crippen LogP contribution is 2.39. The van der Waals surface area contributed by atoms with Crippen molar-refractivity contribution in [3.05, 3.63) is 209 Å². The summed E-state index contributed by atoms with van der Waals surface area (Å²) in [5, 5.41) is 38.8. The number of hydrogen-bond acceptors (Lipinski definition) is 14. The number of carbonyl (C=O) groups is 6. The summed E-state index contributed by atoms with van der Waals surface area (Å²) >= 11 is 22.8. The number of ether oxygens (including phenoxy) is 4. The fourth-order valence-electron chi connectivity index (χ4n) is 7.41. The number of nitro groups is 2. The number of rotatable bonds is 22. The molecule has 496 valence electrons. The highest BCUT2D eigenvalue weighted by molar-refractivity contribution is 6.32. The number of nitro benzene ring substituents is 2. The number of halogens is 10. The van der Waals surface area contributed by atoms with Crippen LogP contribution in [0, 0.1) is 34.1 Å². The Morgan fingerprint density at radius 2 is 0.891 bits per heavy atom. The third-order valence-electron chi connectivity index (χ3n) is 11.6. The van der Waals surface area contributed by atoms with E-state index in [2.05, 4.69) is 27.0 Å². The standard InChI is InChI=1S/2C14H7ClF3NO5.2C14H20ClNO2.2C3H4O/c2*15-10-5-7(14(16,17)18)1-4-12(10)24-8-2-3-11(19(22)23)9(6-8)13(20)21;2*1-4-12-8-6-7-11(3)14(12)16(10-18-5-2)13(17)9-15;2*1-2-3-4/h2*1-6H,(H,20,21);2*6-8H,4-5,9-10H2,1-3H3;2*2-3H,1H2. The third kappa shape index (κ3) is 26.1. The average Bonchev–Trinajstić information content (AvgIpc) is 0.901. The number of aldehydes is 2. The molecule has 0 unspecified atom stereocenters. The van der Waals surface area contributed by atoms with Crippen molar-refractivity contribution in [1.82, 2.24) is 0 Å². The molecule has 6 aromatic carbocycles. The van der Waals surface area contributed by atoms with Gasteiger partial charge in [0.25, 0.3) is 11.4 Å². The molecule has 0 heterocycles. The number of hydrogen-bond donors (Lipinski definition) is 2. The van der Waals surface area contributed by atoms with E-state index in [4.69, 9.17) is 85.2 Å². The normalized spacial score (nSPS) is 10.3. The Hall–Kier alpha value is -8.92. The lowest BCUT2D eigenvalue weighted by Crippen LogP contribution is -2.35. The molecule has 0 bridgehead atoms. The smallest absolute Gasteiger partial charge is 0.416 e. The summed E-state index contributed by atoms with van der Waals surface area (Å²) in [5.41, 5.74) is 1.76. The van der Waals surface area contributed by atoms with Gasteiger partial charge in [-0.05, 0) is 123 Å². The van der Waals surface area contributed by atoms with Gasteiger partial charge in [0.05, 0.1) is 42.4 Å². The minimum atomic E-state index is -4.58. The monoisotopic (exact) mass is 1370 g/mol. The van der Waals surface area contributed by atoms with Crippen molar-refractivity contribution in [2.45, 2.75) is 66.7 Å². The summed E-state index contributed by atoms with van der Waals surface area (Å²) in [5.74, 6) is -4.00. The summed E-state index contributed by atoms with van der Waals surface area (Å²) in [4.78, 5) is 87.1. The van der Waals surface area contributed by atoms with E-state index in [1.54, 1.807) is 9.80 Å². The van der Waals surface area contributed by atoms with Gasteiger partial charge in [-0.25, -0.2) is 9.59 Å². The number of nitrogens with zero attached hydrogens (tertiary/aromatic N) is 4. The first-order valence-electron chi connectivity index (χ1n) is 26.6. The van der Waals surface area contributed by atoms with Crippen LogP contribution in [0.1, 0.15) is 81.8 Å². The molecule has 92 heavy (non-hydrogen) atoms. The maximum Gasteiger partial charge on any atom is 0.416 e. The molecule has 2 amide bonds. The molecular formula is C62H62Cl4F6N4O16. The van der Waals surface area contributed by atoms with Crippen molar-refractivity contribution in [2.75, 3.05) is 48.2 Å². The van der Waals surface area contributed by atoms with Gasteiger partial charge in [-0.15, -0.1) is 23.2 Å². The minimum absolute atomic E-state index is 0.0371. The number of benzene rings is 6. The van der Waals surface area contributed by atoms with Crippen LogP contribution in [0.25, 0.3) is 0 Å². The van der Waals surface area contributed by atoms with Crippen LogP contribution < -0.4 is 19.3 Å². The maximum atomic E-state index is 12.6. The SMILES string of the molecule is C=CC=O.C=CC=O.CCOCN(C(=O)CCl)c1c(C)cccc1CC.CCOCN(C(=O)CCl)c1c(C)cccc1CC.O=C(O)c1cc(Oc2ccc(C(F)(F)F)cc2Cl)ccc1[N+](=O)[O-].O=C(O)c1cc(Oc2ccc(C(F)(F)F)cc2Cl)ccc1[N+](=O)[O-]. The van der Waals surface area contributed by atoms with Gasteiger partial charge in [-0.1, -0.05) is 86.6 Å². The van der Waals surface area contributed by atoms with E-state index in [0.29, 0.717) is 37.9 Å². The first kappa shape index (κ1) is 81.1. The molecule has 0 aliphatic carbocycles. The van der Waals surface area contributed by atoms with E-state index < -0.39 is 67.8 Å². The molecule has 6 rings (SSSR count). The Labute approximate surface area is 544 Å². The van der Waals surface area contributed by atoms with Gasteiger partial charge in [0.2, 0.25) is 11.8 Å². The van der Waals surface area contributed by atoms with Crippen LogP contribution in [0.2, 0.25) is 10.0 Å². The van der Waals surface area contributed by atoms with Crippen molar-refractivity contribution in [2.24, 2.45) is 0 Å². The zero-order valence-electron chi connectivity index (χ0n) is 50.0. The van der Waals surface area contributed by atoms with Gasteiger partial charge in [0.1, 0.15) is 71.9 Å². The van der Waals surface area contributed by atoms with Crippen LogP contribution in [0.5, 0.6) is 23.0 Å². The number of para-hydroxylation sites is 2. The lowest BCUT2D eigenvalue weighted by Gasteiger charge is -2.25. The summed E-state index contributed by atoms with van der Waals surface area (Å²) in [6, 6.07) is 22.6. The number of alkyl halides is 8. The number of carboxylic acid groups (broad SMARTS) is 2. The molecule has 2 N–H and O–H groups in total. The Morgan fingerprint density at radius 1 is 0.565 bits per heavy atom. The zero-order chi connectivity index (χ0) is 70.1. The molecule has 20 nitrogen and oxygen atoms in total. The molecule has 0 spiro atoms. The Kier molecular flexibility index (Phi) is 35.9. The lowest BCUT2D eigenvalue weighted by atomic mass is 10.0. The van der Waals surface area contributed by atoms with E-state index in [9.17, 15) is 65.7 Å². The first-order chi connectivity index (χ1) is 43.3. The fourth-order valence-corrected chi connectivity index (χ4v) is 8.13. The van der Waals surface area contributed by atoms with Gasteiger partial charge >= 0.3 is 24.3 Å². The molecule has 0 saturated heterocycles. The molecule has 0 aromatic heterocycles. The van der Waals surface area contributed by atoms with E-state index in [1.165, 1.54) is 12.2 Å². The molecule has 0 saturated carbocycles. The summed E-state index contributed by atoms with van der Waals surface area (Å²) in [7, 11) is 0. The lowest BCUT2D eigenvalue weighted by molar-refractivity contribution is -0.385. The van der Waals surface area contributed by atoms with Crippen molar-refractivity contribution in [1.29, 1.82) is 0 Å². The average molecular weight is 1370 g/mol. The zero-order valence-corrected chi connectivity index (χ0v) is 53.0. The highest BCUT2D eigenvalue weighted by atomic mass is 35.5. The number of aryl methyl sites for hydroxylation is 4. The van der Waals surface area contributed by atoms with Gasteiger partial charge in [-0.2, -0.15) is 26.3 Å². The van der Waals surface area contributed by atoms with Crippen molar-refractivity contribution >= 4 is 105 Å². The third-order valence-corrected chi connectivity index (χ3v) is 12.6. The van der Waals surface area contributed by atoms with E-state index in [1.807, 2.05) is 64.1 Å². The number of carboxylic acids is 2. The predicted octanol–water partition coefficient (Wildman–Crippen LogP) is 16.5. The molecule has 0 fully saturated rings. The van der Waals surface area contributed by atoms with Crippen LogP contribution in [-0.4, -0.2) is 94.8 Å². The second kappa shape index (κ2) is 40.7. The van der Waals surface area contributed by atoms with Crippen LogP contribution in [0.3, 0.4) is 0 Å². The topological polar surface area (TPSA) is 273 Å². The fraction of sp³-hybridized carbons (Fsp3) is 0.258. The second-order valence-corrected chi connectivity index (χ2v) is 19.1. The van der Waals surface area contributed by atoms with E-state index >= 15 is 0 Å². The number of anilines is 2. The highest BCUT2D eigenvalue weighted by Gasteiger charge is 2.33. The van der Waals surface area contributed by atoms with Crippen LogP contribution in [0.15, 0.2) is 135 Å². The molecule has 30 heteroatoms. The van der Waals surface area contributed by atoms with E-state index in [-0.39, 0.29) is 70.1 Å². The van der Waals surface area contributed by atoms with Crippen LogP contribution in [0.4, 0.5) is 49.1 Å². The van der Waals surface area contributed by atoms with Crippen LogP contribution in [-0.2, 0) is 53.8 Å². The van der Waals surface area contributed by atoms with Gasteiger partial charge in [0.15, 0.2) is 0 Å². The minimum Gasteiger partial charge on any atom is -0.477 e. The summed E-state index contributed by atoms with van der Waals surface area (Å²) < 4.78 is 96.5. The number of aromatic carboxylic acids is 2. The number of amides is 2. The summed E-state index contributed by atoms with van der Waals surface area (Å²) in [6.07, 6.45) is -3.75. The molecule has 6 aromatic rings. The van der Waals surface area contributed by atoms with Gasteiger partial charge in [-0.3, -0.25) is 49.2 Å². The van der Waals surface area contributed by atoms with Crippen LogP contribution >= 0.6 is 46.4 Å². The Balaban J connectivity index is 0.000000593. The van der Waals surface area contributed by atoms with Gasteiger partial charge in [0, 0.05) is 37.5 Å². The summed E-state index contributed by atoms with van der Waals surface area (Å²) in [6.45, 7) is 19.8.